The second-order valence-corrected chi connectivity index (χ2v) is 4.37. The molecular weight excluding hydrogens is 202 g/mol. The van der Waals surface area contributed by atoms with Gasteiger partial charge in [-0.1, -0.05) is 0 Å². The Labute approximate surface area is 88.7 Å². The van der Waals surface area contributed by atoms with Crippen LogP contribution in [0.2, 0.25) is 0 Å². The van der Waals surface area contributed by atoms with Crippen molar-refractivity contribution in [3.63, 3.8) is 0 Å². The van der Waals surface area contributed by atoms with Crippen molar-refractivity contribution in [3.8, 4) is 0 Å². The average Bonchev–Trinajstić information content (AvgIpc) is 2.09. The molecule has 4 nitrogen and oxygen atoms in total. The van der Waals surface area contributed by atoms with Crippen molar-refractivity contribution in [2.75, 3.05) is 25.6 Å². The molecule has 0 rings (SSSR count). The molecule has 0 radical (unpaired) electrons. The summed E-state index contributed by atoms with van der Waals surface area (Å²) in [6, 6.07) is 0. The molecule has 0 fully saturated rings. The lowest BCUT2D eigenvalue weighted by Gasteiger charge is -2.09. The molecule has 0 aromatic carbocycles. The Morgan fingerprint density at radius 1 is 1.21 bits per heavy atom. The molecule has 0 bridgehead atoms. The maximum atomic E-state index is 11.1. The fourth-order valence-electron chi connectivity index (χ4n) is 0.811. The normalized spacial score (nSPS) is 9.86. The van der Waals surface area contributed by atoms with E-state index in [1.54, 1.807) is 30.8 Å². The Morgan fingerprint density at radius 2 is 1.86 bits per heavy atom. The van der Waals surface area contributed by atoms with E-state index in [1.807, 2.05) is 0 Å². The minimum absolute atomic E-state index is 0.129. The summed E-state index contributed by atoms with van der Waals surface area (Å²) in [6.45, 7) is 0. The highest BCUT2D eigenvalue weighted by atomic mass is 32.2. The maximum Gasteiger partial charge on any atom is 0.304 e. The van der Waals surface area contributed by atoms with Gasteiger partial charge in [-0.2, -0.15) is 11.8 Å². The van der Waals surface area contributed by atoms with Crippen molar-refractivity contribution in [2.24, 2.45) is 0 Å². The van der Waals surface area contributed by atoms with E-state index >= 15 is 0 Å². The second kappa shape index (κ2) is 7.67. The molecule has 0 aromatic heterocycles. The van der Waals surface area contributed by atoms with Gasteiger partial charge in [-0.05, 0) is 12.2 Å². The summed E-state index contributed by atoms with van der Waals surface area (Å²) in [5.41, 5.74) is 0. The molecule has 0 saturated heterocycles. The van der Waals surface area contributed by atoms with Gasteiger partial charge in [0.05, 0.1) is 6.42 Å². The summed E-state index contributed by atoms with van der Waals surface area (Å²) in [7, 11) is 3.47. The summed E-state index contributed by atoms with van der Waals surface area (Å²) in [5, 5.41) is 8.36. The van der Waals surface area contributed by atoms with Crippen LogP contribution in [0.3, 0.4) is 0 Å². The van der Waals surface area contributed by atoms with Crippen molar-refractivity contribution in [3.05, 3.63) is 0 Å². The molecule has 5 heteroatoms. The largest absolute Gasteiger partial charge is 0.481 e. The van der Waals surface area contributed by atoms with Gasteiger partial charge in [-0.15, -0.1) is 0 Å². The number of nitrogens with zero attached hydrogens (tertiary/aromatic N) is 1. The molecule has 0 spiro atoms. The van der Waals surface area contributed by atoms with Crippen LogP contribution in [-0.2, 0) is 9.59 Å². The van der Waals surface area contributed by atoms with Crippen LogP contribution in [0.25, 0.3) is 0 Å². The van der Waals surface area contributed by atoms with E-state index in [-0.39, 0.29) is 12.3 Å². The quantitative estimate of drug-likeness (QED) is 0.651. The van der Waals surface area contributed by atoms with Crippen LogP contribution >= 0.6 is 11.8 Å². The van der Waals surface area contributed by atoms with Crippen molar-refractivity contribution >= 4 is 23.6 Å². The molecule has 0 unspecified atom stereocenters. The number of aliphatic carboxylic acids is 1. The Balaban J connectivity index is 3.22. The molecule has 0 aliphatic heterocycles. The third kappa shape index (κ3) is 7.91. The smallest absolute Gasteiger partial charge is 0.304 e. The molecule has 0 atom stereocenters. The molecule has 0 saturated carbocycles. The molecule has 0 aromatic rings. The Hall–Kier alpha value is -0.710. The molecule has 1 amide bonds. The second-order valence-electron chi connectivity index (χ2n) is 3.15. The molecule has 82 valence electrons. The van der Waals surface area contributed by atoms with Gasteiger partial charge in [-0.3, -0.25) is 9.59 Å². The summed E-state index contributed by atoms with van der Waals surface area (Å²) >= 11 is 1.58. The molecule has 0 aliphatic rings. The van der Waals surface area contributed by atoms with Crippen LogP contribution in [0.15, 0.2) is 0 Å². The van der Waals surface area contributed by atoms with E-state index in [0.29, 0.717) is 12.2 Å². The zero-order valence-corrected chi connectivity index (χ0v) is 9.47. The third-order valence-corrected chi connectivity index (χ3v) is 2.71. The maximum absolute atomic E-state index is 11.1. The Morgan fingerprint density at radius 3 is 2.36 bits per heavy atom. The lowest BCUT2D eigenvalue weighted by atomic mass is 10.3. The minimum atomic E-state index is -0.762. The van der Waals surface area contributed by atoms with Crippen molar-refractivity contribution in [2.45, 2.75) is 19.3 Å². The predicted molar refractivity (Wildman–Crippen MR) is 57.5 cm³/mol. The number of hydrogen-bond acceptors (Lipinski definition) is 3. The van der Waals surface area contributed by atoms with Gasteiger partial charge in [0.15, 0.2) is 0 Å². The lowest BCUT2D eigenvalue weighted by Crippen LogP contribution is -2.21. The van der Waals surface area contributed by atoms with Crippen LogP contribution in [0.4, 0.5) is 0 Å². The number of rotatable bonds is 7. The van der Waals surface area contributed by atoms with E-state index in [2.05, 4.69) is 0 Å². The lowest BCUT2D eigenvalue weighted by molar-refractivity contribution is -0.136. The third-order valence-electron chi connectivity index (χ3n) is 1.64. The van der Waals surface area contributed by atoms with Gasteiger partial charge in [0.2, 0.25) is 5.91 Å². The van der Waals surface area contributed by atoms with E-state index in [4.69, 9.17) is 5.11 Å². The monoisotopic (exact) mass is 219 g/mol. The van der Waals surface area contributed by atoms with Crippen LogP contribution in [0, 0.1) is 0 Å². The van der Waals surface area contributed by atoms with Gasteiger partial charge < -0.3 is 10.0 Å². The summed E-state index contributed by atoms with van der Waals surface area (Å²) < 4.78 is 0. The van der Waals surface area contributed by atoms with E-state index in [1.165, 1.54) is 0 Å². The SMILES string of the molecule is CN(C)C(=O)CCCSCCC(=O)O. The number of carboxylic acids is 1. The molecule has 1 N–H and O–H groups in total. The average molecular weight is 219 g/mol. The predicted octanol–water partition coefficient (Wildman–Crippen LogP) is 1.06. The van der Waals surface area contributed by atoms with Gasteiger partial charge >= 0.3 is 5.97 Å². The molecular formula is C9H17NO3S. The van der Waals surface area contributed by atoms with Crippen LogP contribution in [0.1, 0.15) is 19.3 Å². The topological polar surface area (TPSA) is 57.6 Å². The highest BCUT2D eigenvalue weighted by molar-refractivity contribution is 7.99. The van der Waals surface area contributed by atoms with Crippen LogP contribution in [-0.4, -0.2) is 47.5 Å². The molecule has 14 heavy (non-hydrogen) atoms. The number of amides is 1. The van der Waals surface area contributed by atoms with Gasteiger partial charge in [0, 0.05) is 26.3 Å². The number of carboxylic acid groups (broad SMARTS) is 1. The standard InChI is InChI=1S/C9H17NO3S/c1-10(2)8(11)4-3-6-14-7-5-9(12)13/h3-7H2,1-2H3,(H,12,13). The van der Waals surface area contributed by atoms with E-state index < -0.39 is 5.97 Å². The number of hydrogen-bond donors (Lipinski definition) is 1. The van der Waals surface area contributed by atoms with Crippen LogP contribution < -0.4 is 0 Å². The van der Waals surface area contributed by atoms with Crippen molar-refractivity contribution in [1.29, 1.82) is 0 Å². The fourth-order valence-corrected chi connectivity index (χ4v) is 1.68. The number of carbonyl (C=O) groups excluding carboxylic acids is 1. The fraction of sp³-hybridized carbons (Fsp3) is 0.778. The zero-order chi connectivity index (χ0) is 11.0. The first-order chi connectivity index (χ1) is 6.54. The van der Waals surface area contributed by atoms with Gasteiger partial charge in [0.25, 0.3) is 0 Å². The summed E-state index contributed by atoms with van der Waals surface area (Å²) in [5.74, 6) is 0.851. The zero-order valence-electron chi connectivity index (χ0n) is 8.65. The highest BCUT2D eigenvalue weighted by Crippen LogP contribution is 2.06. The summed E-state index contributed by atoms with van der Waals surface area (Å²) in [6.07, 6.45) is 1.57. The van der Waals surface area contributed by atoms with Crippen molar-refractivity contribution in [1.82, 2.24) is 4.90 Å². The molecule has 0 heterocycles. The molecule has 0 aliphatic carbocycles. The van der Waals surface area contributed by atoms with E-state index in [0.717, 1.165) is 12.2 Å². The van der Waals surface area contributed by atoms with Gasteiger partial charge in [0.1, 0.15) is 0 Å². The Bertz CT molecular complexity index is 194. The first-order valence-electron chi connectivity index (χ1n) is 4.53. The van der Waals surface area contributed by atoms with Gasteiger partial charge in [-0.25, -0.2) is 0 Å². The number of thioether (sulfide) groups is 1. The summed E-state index contributed by atoms with van der Waals surface area (Å²) in [4.78, 5) is 22.8. The first kappa shape index (κ1) is 13.3. The van der Waals surface area contributed by atoms with Crippen LogP contribution in [0.5, 0.6) is 0 Å². The first-order valence-corrected chi connectivity index (χ1v) is 5.69. The minimum Gasteiger partial charge on any atom is -0.481 e. The number of carbonyl (C=O) groups is 2. The van der Waals surface area contributed by atoms with E-state index in [9.17, 15) is 9.59 Å². The highest BCUT2D eigenvalue weighted by Gasteiger charge is 2.03. The van der Waals surface area contributed by atoms with Crippen molar-refractivity contribution < 1.29 is 14.7 Å². The Kier molecular flexibility index (Phi) is 7.28.